The van der Waals surface area contributed by atoms with Crippen molar-refractivity contribution in [2.24, 2.45) is 0 Å². The smallest absolute Gasteiger partial charge is 0.0843 e. The second-order valence-electron chi connectivity index (χ2n) is 3.29. The van der Waals surface area contributed by atoms with Crippen LogP contribution in [-0.2, 0) is 0 Å². The van der Waals surface area contributed by atoms with Crippen LogP contribution in [0.3, 0.4) is 0 Å². The van der Waals surface area contributed by atoms with Crippen LogP contribution < -0.4 is 5.32 Å². The Labute approximate surface area is 99.2 Å². The summed E-state index contributed by atoms with van der Waals surface area (Å²) in [5, 5.41) is 3.39. The first-order valence-electron chi connectivity index (χ1n) is 4.43. The number of halogens is 2. The van der Waals surface area contributed by atoms with Crippen molar-refractivity contribution in [3.8, 4) is 0 Å². The van der Waals surface area contributed by atoms with Crippen LogP contribution in [0.5, 0.6) is 0 Å². The highest BCUT2D eigenvalue weighted by Crippen LogP contribution is 2.38. The van der Waals surface area contributed by atoms with E-state index in [1.807, 2.05) is 11.3 Å². The molecule has 1 aromatic rings. The van der Waals surface area contributed by atoms with Crippen molar-refractivity contribution >= 4 is 43.2 Å². The van der Waals surface area contributed by atoms with Crippen LogP contribution in [0.2, 0.25) is 0 Å². The van der Waals surface area contributed by atoms with E-state index in [0.717, 1.165) is 19.0 Å². The Morgan fingerprint density at radius 2 is 2.00 bits per heavy atom. The topological polar surface area (TPSA) is 12.0 Å². The van der Waals surface area contributed by atoms with Crippen molar-refractivity contribution in [3.63, 3.8) is 0 Å². The molecular formula is C9H11Br2NS. The molecule has 1 N–H and O–H groups in total. The lowest BCUT2D eigenvalue weighted by Crippen LogP contribution is -2.26. The van der Waals surface area contributed by atoms with Crippen LogP contribution in [0.4, 0.5) is 0 Å². The lowest BCUT2D eigenvalue weighted by atomic mass is 9.97. The highest BCUT2D eigenvalue weighted by molar-refractivity contribution is 9.13. The molecule has 0 atom stereocenters. The molecule has 0 radical (unpaired) electrons. The molecule has 72 valence electrons. The van der Waals surface area contributed by atoms with Gasteiger partial charge in [-0.3, -0.25) is 0 Å². The minimum Gasteiger partial charge on any atom is -0.317 e. The van der Waals surface area contributed by atoms with Crippen LogP contribution in [0.15, 0.2) is 14.3 Å². The summed E-state index contributed by atoms with van der Waals surface area (Å²) in [6.07, 6.45) is 2.55. The van der Waals surface area contributed by atoms with Crippen molar-refractivity contribution in [2.45, 2.75) is 18.8 Å². The fraction of sp³-hybridized carbons (Fsp3) is 0.556. The second-order valence-corrected chi connectivity index (χ2v) is 6.55. The Balaban J connectivity index is 2.14. The lowest BCUT2D eigenvalue weighted by molar-refractivity contribution is 0.465. The molecule has 0 bridgehead atoms. The molecule has 13 heavy (non-hydrogen) atoms. The maximum atomic E-state index is 3.54. The molecule has 4 heteroatoms. The average molecular weight is 325 g/mol. The third-order valence-corrected chi connectivity index (χ3v) is 5.82. The van der Waals surface area contributed by atoms with Crippen LogP contribution in [-0.4, -0.2) is 13.1 Å². The predicted molar refractivity (Wildman–Crippen MR) is 64.6 cm³/mol. The Morgan fingerprint density at radius 3 is 2.54 bits per heavy atom. The van der Waals surface area contributed by atoms with Crippen LogP contribution >= 0.6 is 43.2 Å². The van der Waals surface area contributed by atoms with Gasteiger partial charge in [0.1, 0.15) is 0 Å². The summed E-state index contributed by atoms with van der Waals surface area (Å²) in [7, 11) is 0. The van der Waals surface area contributed by atoms with Gasteiger partial charge in [-0.15, -0.1) is 11.3 Å². The van der Waals surface area contributed by atoms with E-state index < -0.39 is 0 Å². The van der Waals surface area contributed by atoms with Crippen molar-refractivity contribution in [1.29, 1.82) is 0 Å². The van der Waals surface area contributed by atoms with Gasteiger partial charge in [-0.05, 0) is 69.8 Å². The van der Waals surface area contributed by atoms with Crippen molar-refractivity contribution in [2.75, 3.05) is 13.1 Å². The minimum atomic E-state index is 0.772. The molecule has 0 aromatic carbocycles. The first-order chi connectivity index (χ1) is 6.27. The van der Waals surface area contributed by atoms with E-state index in [-0.39, 0.29) is 0 Å². The number of hydrogen-bond acceptors (Lipinski definition) is 2. The number of hydrogen-bond donors (Lipinski definition) is 1. The highest BCUT2D eigenvalue weighted by Gasteiger charge is 2.17. The summed E-state index contributed by atoms with van der Waals surface area (Å²) in [5.41, 5.74) is 0. The SMILES string of the molecule is Brc1cc(C2CCNCC2)sc1Br. The molecule has 0 unspecified atom stereocenters. The summed E-state index contributed by atoms with van der Waals surface area (Å²) in [4.78, 5) is 1.51. The summed E-state index contributed by atoms with van der Waals surface area (Å²) < 4.78 is 2.42. The van der Waals surface area contributed by atoms with Gasteiger partial charge < -0.3 is 5.32 Å². The quantitative estimate of drug-likeness (QED) is 0.829. The van der Waals surface area contributed by atoms with Gasteiger partial charge in [0.2, 0.25) is 0 Å². The third-order valence-electron chi connectivity index (χ3n) is 2.41. The normalized spacial score (nSPS) is 19.2. The molecule has 1 fully saturated rings. The fourth-order valence-corrected chi connectivity index (χ4v) is 3.93. The van der Waals surface area contributed by atoms with Crippen molar-refractivity contribution in [3.05, 3.63) is 19.2 Å². The van der Waals surface area contributed by atoms with Gasteiger partial charge in [-0.25, -0.2) is 0 Å². The summed E-state index contributed by atoms with van der Waals surface area (Å²) in [6.45, 7) is 2.33. The maximum Gasteiger partial charge on any atom is 0.0843 e. The number of piperidine rings is 1. The zero-order chi connectivity index (χ0) is 9.26. The van der Waals surface area contributed by atoms with Crippen LogP contribution in [0.25, 0.3) is 0 Å². The molecule has 1 nitrogen and oxygen atoms in total. The first-order valence-corrected chi connectivity index (χ1v) is 6.83. The zero-order valence-corrected chi connectivity index (χ0v) is 11.1. The standard InChI is InChI=1S/C9H11Br2NS/c10-7-5-8(13-9(7)11)6-1-3-12-4-2-6/h5-6,12H,1-4H2. The molecule has 1 saturated heterocycles. The van der Waals surface area contributed by atoms with E-state index in [2.05, 4.69) is 43.2 Å². The largest absolute Gasteiger partial charge is 0.317 e. The van der Waals surface area contributed by atoms with Crippen molar-refractivity contribution < 1.29 is 0 Å². The molecule has 0 saturated carbocycles. The van der Waals surface area contributed by atoms with E-state index in [4.69, 9.17) is 0 Å². The first kappa shape index (κ1) is 10.1. The van der Waals surface area contributed by atoms with E-state index in [1.165, 1.54) is 26.0 Å². The zero-order valence-electron chi connectivity index (χ0n) is 7.15. The molecule has 0 spiro atoms. The van der Waals surface area contributed by atoms with Gasteiger partial charge >= 0.3 is 0 Å². The van der Waals surface area contributed by atoms with E-state index >= 15 is 0 Å². The van der Waals surface area contributed by atoms with Crippen molar-refractivity contribution in [1.82, 2.24) is 5.32 Å². The number of nitrogens with one attached hydrogen (secondary N) is 1. The van der Waals surface area contributed by atoms with E-state index in [1.54, 1.807) is 0 Å². The minimum absolute atomic E-state index is 0.772. The number of thiophene rings is 1. The second kappa shape index (κ2) is 4.43. The summed E-state index contributed by atoms with van der Waals surface area (Å²) >= 11 is 8.93. The van der Waals surface area contributed by atoms with Crippen LogP contribution in [0, 0.1) is 0 Å². The molecule has 2 rings (SSSR count). The maximum absolute atomic E-state index is 3.54. The molecule has 0 aliphatic carbocycles. The predicted octanol–water partition coefficient (Wildman–Crippen LogP) is 3.74. The monoisotopic (exact) mass is 323 g/mol. The van der Waals surface area contributed by atoms with Gasteiger partial charge in [0.15, 0.2) is 0 Å². The summed E-state index contributed by atoms with van der Waals surface area (Å²) in [6, 6.07) is 2.25. The fourth-order valence-electron chi connectivity index (χ4n) is 1.67. The Kier molecular flexibility index (Phi) is 3.46. The summed E-state index contributed by atoms with van der Waals surface area (Å²) in [5.74, 6) is 0.772. The highest BCUT2D eigenvalue weighted by atomic mass is 79.9. The molecule has 0 amide bonds. The molecule has 1 aromatic heterocycles. The van der Waals surface area contributed by atoms with E-state index in [9.17, 15) is 0 Å². The van der Waals surface area contributed by atoms with Gasteiger partial charge in [0, 0.05) is 9.35 Å². The van der Waals surface area contributed by atoms with Crippen LogP contribution in [0.1, 0.15) is 23.6 Å². The molecule has 1 aliphatic rings. The lowest BCUT2D eigenvalue weighted by Gasteiger charge is -2.21. The van der Waals surface area contributed by atoms with Gasteiger partial charge in [-0.1, -0.05) is 0 Å². The van der Waals surface area contributed by atoms with E-state index in [0.29, 0.717) is 0 Å². The molecule has 2 heterocycles. The third kappa shape index (κ3) is 2.35. The molecule has 1 aliphatic heterocycles. The Morgan fingerprint density at radius 1 is 1.31 bits per heavy atom. The Hall–Kier alpha value is 0.620. The number of rotatable bonds is 1. The van der Waals surface area contributed by atoms with Gasteiger partial charge in [-0.2, -0.15) is 0 Å². The average Bonchev–Trinajstić information content (AvgIpc) is 2.49. The Bertz CT molecular complexity index is 272. The molecular weight excluding hydrogens is 314 g/mol. The van der Waals surface area contributed by atoms with Gasteiger partial charge in [0.05, 0.1) is 3.79 Å². The van der Waals surface area contributed by atoms with Gasteiger partial charge in [0.25, 0.3) is 0 Å².